The Bertz CT molecular complexity index is 2800. The van der Waals surface area contributed by atoms with Gasteiger partial charge >= 0.3 is 0 Å². The van der Waals surface area contributed by atoms with Crippen molar-refractivity contribution < 1.29 is 8.83 Å². The first-order chi connectivity index (χ1) is 25.8. The Labute approximate surface area is 301 Å². The molecule has 0 unspecified atom stereocenters. The van der Waals surface area contributed by atoms with Crippen LogP contribution in [0.4, 0.5) is 34.1 Å². The van der Waals surface area contributed by atoms with Gasteiger partial charge in [-0.3, -0.25) is 0 Å². The van der Waals surface area contributed by atoms with Gasteiger partial charge in [0, 0.05) is 61.7 Å². The summed E-state index contributed by atoms with van der Waals surface area (Å²) in [6.07, 6.45) is 0. The van der Waals surface area contributed by atoms with E-state index in [9.17, 15) is 0 Å². The van der Waals surface area contributed by atoms with Crippen molar-refractivity contribution in [3.63, 3.8) is 0 Å². The zero-order valence-corrected chi connectivity index (χ0v) is 28.2. The molecule has 4 nitrogen and oxygen atoms in total. The standard InChI is InChI=1S/C48H32N2O2/c1-4-12-33(13-5-1)34-20-22-37(23-21-34)50(39-26-28-46-43(31-39)41-18-10-11-19-45(41)51-46)40-24-27-42-44-30-38(25-29-47(44)52-48(42)32-40)49(35-14-6-2-7-15-35)36-16-8-3-9-17-36/h1-32H. The molecule has 0 saturated heterocycles. The van der Waals surface area contributed by atoms with Crippen molar-refractivity contribution in [1.29, 1.82) is 0 Å². The van der Waals surface area contributed by atoms with Gasteiger partial charge in [0.15, 0.2) is 0 Å². The quantitative estimate of drug-likeness (QED) is 0.169. The fraction of sp³-hybridized carbons (Fsp3) is 0. The van der Waals surface area contributed by atoms with Crippen LogP contribution in [0.25, 0.3) is 55.0 Å². The minimum atomic E-state index is 0.830. The Kier molecular flexibility index (Phi) is 7.10. The van der Waals surface area contributed by atoms with Gasteiger partial charge in [0.05, 0.1) is 0 Å². The van der Waals surface area contributed by atoms with Crippen LogP contribution in [0.5, 0.6) is 0 Å². The molecule has 0 N–H and O–H groups in total. The Morgan fingerprint density at radius 2 is 0.654 bits per heavy atom. The maximum atomic E-state index is 6.59. The summed E-state index contributed by atoms with van der Waals surface area (Å²) in [6, 6.07) is 67.8. The summed E-state index contributed by atoms with van der Waals surface area (Å²) in [5.41, 5.74) is 12.1. The number of para-hydroxylation sites is 3. The van der Waals surface area contributed by atoms with Crippen molar-refractivity contribution >= 4 is 78.0 Å². The van der Waals surface area contributed by atoms with Crippen LogP contribution in [0.2, 0.25) is 0 Å². The van der Waals surface area contributed by atoms with Gasteiger partial charge < -0.3 is 18.6 Å². The molecule has 0 spiro atoms. The van der Waals surface area contributed by atoms with Crippen LogP contribution in [0, 0.1) is 0 Å². The molecular weight excluding hydrogens is 637 g/mol. The normalized spacial score (nSPS) is 11.5. The average molecular weight is 669 g/mol. The molecule has 10 rings (SSSR count). The number of hydrogen-bond acceptors (Lipinski definition) is 4. The lowest BCUT2D eigenvalue weighted by molar-refractivity contribution is 0.668. The van der Waals surface area contributed by atoms with Crippen LogP contribution in [0.3, 0.4) is 0 Å². The molecule has 0 amide bonds. The minimum Gasteiger partial charge on any atom is -0.456 e. The Hall–Kier alpha value is -7.04. The average Bonchev–Trinajstić information content (AvgIpc) is 3.77. The second-order valence-corrected chi connectivity index (χ2v) is 13.0. The fourth-order valence-corrected chi connectivity index (χ4v) is 7.37. The lowest BCUT2D eigenvalue weighted by Gasteiger charge is -2.26. The highest BCUT2D eigenvalue weighted by Gasteiger charge is 2.19. The van der Waals surface area contributed by atoms with Gasteiger partial charge in [-0.25, -0.2) is 0 Å². The first-order valence-corrected chi connectivity index (χ1v) is 17.5. The largest absolute Gasteiger partial charge is 0.456 e. The van der Waals surface area contributed by atoms with E-state index in [0.717, 1.165) is 78.0 Å². The van der Waals surface area contributed by atoms with Crippen molar-refractivity contribution in [2.24, 2.45) is 0 Å². The van der Waals surface area contributed by atoms with E-state index in [1.54, 1.807) is 0 Å². The van der Waals surface area contributed by atoms with Crippen LogP contribution >= 0.6 is 0 Å². The molecule has 2 aromatic heterocycles. The second-order valence-electron chi connectivity index (χ2n) is 13.0. The van der Waals surface area contributed by atoms with E-state index in [2.05, 4.69) is 174 Å². The molecule has 4 heteroatoms. The molecule has 0 bridgehead atoms. The zero-order valence-electron chi connectivity index (χ0n) is 28.2. The van der Waals surface area contributed by atoms with Gasteiger partial charge in [0.2, 0.25) is 0 Å². The molecule has 0 aliphatic heterocycles. The van der Waals surface area contributed by atoms with Gasteiger partial charge in [0.1, 0.15) is 22.3 Å². The molecule has 2 heterocycles. The summed E-state index contributed by atoms with van der Waals surface area (Å²) in [4.78, 5) is 4.57. The van der Waals surface area contributed by atoms with E-state index >= 15 is 0 Å². The lowest BCUT2D eigenvalue weighted by atomic mass is 10.0. The third-order valence-corrected chi connectivity index (χ3v) is 9.83. The van der Waals surface area contributed by atoms with Gasteiger partial charge in [-0.2, -0.15) is 0 Å². The van der Waals surface area contributed by atoms with E-state index in [1.165, 1.54) is 11.1 Å². The highest BCUT2D eigenvalue weighted by Crippen LogP contribution is 2.43. The Morgan fingerprint density at radius 1 is 0.250 bits per heavy atom. The van der Waals surface area contributed by atoms with E-state index in [0.29, 0.717) is 0 Å². The number of benzene rings is 8. The van der Waals surface area contributed by atoms with Gasteiger partial charge in [-0.1, -0.05) is 97.1 Å². The molecule has 0 saturated carbocycles. The summed E-state index contributed by atoms with van der Waals surface area (Å²) < 4.78 is 12.8. The Balaban J connectivity index is 1.11. The molecule has 0 aliphatic carbocycles. The topological polar surface area (TPSA) is 32.8 Å². The van der Waals surface area contributed by atoms with Gasteiger partial charge in [0.25, 0.3) is 0 Å². The highest BCUT2D eigenvalue weighted by atomic mass is 16.3. The molecule has 52 heavy (non-hydrogen) atoms. The molecule has 246 valence electrons. The van der Waals surface area contributed by atoms with Crippen molar-refractivity contribution in [3.05, 3.63) is 194 Å². The predicted octanol–water partition coefficient (Wildman–Crippen LogP) is 14.1. The zero-order chi connectivity index (χ0) is 34.4. The first kappa shape index (κ1) is 29.8. The maximum absolute atomic E-state index is 6.59. The minimum absolute atomic E-state index is 0.830. The number of rotatable bonds is 7. The molecular formula is C48H32N2O2. The SMILES string of the molecule is c1ccc(-c2ccc(N(c3ccc4c(c3)oc3ccc(N(c5ccccc5)c5ccccc5)cc34)c3ccc4oc5ccccc5c4c3)cc2)cc1. The van der Waals surface area contributed by atoms with Gasteiger partial charge in [-0.15, -0.1) is 0 Å². The van der Waals surface area contributed by atoms with Crippen LogP contribution in [0.15, 0.2) is 203 Å². The monoisotopic (exact) mass is 668 g/mol. The molecule has 0 fully saturated rings. The number of hydrogen-bond donors (Lipinski definition) is 0. The summed E-state index contributed by atoms with van der Waals surface area (Å²) >= 11 is 0. The van der Waals surface area contributed by atoms with Crippen LogP contribution in [0.1, 0.15) is 0 Å². The molecule has 0 radical (unpaired) electrons. The van der Waals surface area contributed by atoms with Crippen LogP contribution < -0.4 is 9.80 Å². The molecule has 0 atom stereocenters. The summed E-state index contributed by atoms with van der Waals surface area (Å²) in [5, 5.41) is 4.32. The number of nitrogens with zero attached hydrogens (tertiary/aromatic N) is 2. The van der Waals surface area contributed by atoms with E-state index in [4.69, 9.17) is 8.83 Å². The van der Waals surface area contributed by atoms with Gasteiger partial charge in [-0.05, 0) is 102 Å². The number of furan rings is 2. The summed E-state index contributed by atoms with van der Waals surface area (Å²) in [7, 11) is 0. The molecule has 8 aromatic carbocycles. The van der Waals surface area contributed by atoms with Crippen molar-refractivity contribution in [3.8, 4) is 11.1 Å². The summed E-state index contributed by atoms with van der Waals surface area (Å²) in [6.45, 7) is 0. The number of fused-ring (bicyclic) bond motifs is 6. The third kappa shape index (κ3) is 5.17. The fourth-order valence-electron chi connectivity index (χ4n) is 7.37. The van der Waals surface area contributed by atoms with Crippen molar-refractivity contribution in [2.45, 2.75) is 0 Å². The molecule has 0 aliphatic rings. The third-order valence-electron chi connectivity index (χ3n) is 9.83. The van der Waals surface area contributed by atoms with E-state index in [-0.39, 0.29) is 0 Å². The smallest absolute Gasteiger partial charge is 0.137 e. The Morgan fingerprint density at radius 3 is 1.29 bits per heavy atom. The maximum Gasteiger partial charge on any atom is 0.137 e. The second kappa shape index (κ2) is 12.4. The van der Waals surface area contributed by atoms with Crippen LogP contribution in [-0.2, 0) is 0 Å². The van der Waals surface area contributed by atoms with Crippen molar-refractivity contribution in [2.75, 3.05) is 9.80 Å². The predicted molar refractivity (Wildman–Crippen MR) is 216 cm³/mol. The van der Waals surface area contributed by atoms with Crippen LogP contribution in [-0.4, -0.2) is 0 Å². The number of anilines is 6. The lowest BCUT2D eigenvalue weighted by Crippen LogP contribution is -2.09. The highest BCUT2D eigenvalue weighted by molar-refractivity contribution is 6.09. The first-order valence-electron chi connectivity index (χ1n) is 17.5. The summed E-state index contributed by atoms with van der Waals surface area (Å²) in [5.74, 6) is 0. The molecule has 10 aromatic rings. The van der Waals surface area contributed by atoms with E-state index < -0.39 is 0 Å². The van der Waals surface area contributed by atoms with E-state index in [1.807, 2.05) is 30.3 Å². The van der Waals surface area contributed by atoms with Crippen molar-refractivity contribution in [1.82, 2.24) is 0 Å².